The van der Waals surface area contributed by atoms with Gasteiger partial charge >= 0.3 is 18.1 Å². The van der Waals surface area contributed by atoms with Gasteiger partial charge in [-0.05, 0) is 93.0 Å². The molecular formula is C33H63N4O6+. The molecule has 2 atom stereocenters. The highest BCUT2D eigenvalue weighted by molar-refractivity contribution is 5.95. The molecule has 0 spiro atoms. The van der Waals surface area contributed by atoms with E-state index in [1.165, 1.54) is 32.1 Å². The third kappa shape index (κ3) is 13.6. The van der Waals surface area contributed by atoms with Crippen LogP contribution in [0, 0.1) is 0 Å². The Morgan fingerprint density at radius 2 is 1.35 bits per heavy atom. The van der Waals surface area contributed by atoms with E-state index in [-0.39, 0.29) is 18.9 Å². The van der Waals surface area contributed by atoms with E-state index in [0.29, 0.717) is 38.8 Å². The summed E-state index contributed by atoms with van der Waals surface area (Å²) in [5.41, 5.74) is 10.1. The minimum atomic E-state index is -1.34. The van der Waals surface area contributed by atoms with Crippen LogP contribution in [0.4, 0.5) is 9.59 Å². The van der Waals surface area contributed by atoms with Gasteiger partial charge in [0.15, 0.2) is 0 Å². The lowest BCUT2D eigenvalue weighted by atomic mass is 9.98. The van der Waals surface area contributed by atoms with Crippen molar-refractivity contribution in [3.8, 4) is 0 Å². The second-order valence-electron chi connectivity index (χ2n) is 14.1. The molecule has 0 aliphatic carbocycles. The number of imide groups is 3. The number of quaternary nitrogens is 1. The summed E-state index contributed by atoms with van der Waals surface area (Å²) in [4.78, 5) is 57.5. The Balaban J connectivity index is 3.32. The quantitative estimate of drug-likeness (QED) is 0.147. The number of nitrogens with zero attached hydrogens (tertiary/aromatic N) is 2. The number of hydrogen-bond donors (Lipinski definition) is 2. The fourth-order valence-electron chi connectivity index (χ4n) is 5.48. The maximum atomic E-state index is 14.2. The summed E-state index contributed by atoms with van der Waals surface area (Å²) in [6.07, 6.45) is 11.1. The van der Waals surface area contributed by atoms with Gasteiger partial charge in [-0.1, -0.05) is 56.4 Å². The van der Waals surface area contributed by atoms with Gasteiger partial charge < -0.3 is 25.8 Å². The third-order valence-corrected chi connectivity index (χ3v) is 7.75. The number of carbonyl (C=O) groups excluding carboxylic acids is 4. The van der Waals surface area contributed by atoms with Crippen molar-refractivity contribution in [2.45, 2.75) is 168 Å². The highest BCUT2D eigenvalue weighted by atomic mass is 16.6. The number of likely N-dealkylation sites (tertiary alicyclic amines) is 1. The van der Waals surface area contributed by atoms with Crippen molar-refractivity contribution < 1.29 is 33.1 Å². The van der Waals surface area contributed by atoms with Crippen LogP contribution >= 0.6 is 0 Å². The van der Waals surface area contributed by atoms with Crippen molar-refractivity contribution >= 4 is 24.0 Å². The fraction of sp³-hybridized carbons (Fsp3) is 0.879. The molecule has 1 saturated heterocycles. The molecule has 10 nitrogen and oxygen atoms in total. The molecule has 1 heterocycles. The SMILES string of the molecule is CCCCCCCCCCC(=O)N1CCCCC1C[N+](C(=O)OC(C)(C)C)(C(=O)OC(C)(C)C)C(=O)C(N)CCCCN. The predicted octanol–water partition coefficient (Wildman–Crippen LogP) is 6.57. The molecule has 4 N–H and O–H groups in total. The first-order valence-corrected chi connectivity index (χ1v) is 16.7. The van der Waals surface area contributed by atoms with Gasteiger partial charge in [0.25, 0.3) is 0 Å². The Bertz CT molecular complexity index is 852. The van der Waals surface area contributed by atoms with E-state index in [0.717, 1.165) is 32.1 Å². The highest BCUT2D eigenvalue weighted by Gasteiger charge is 2.60. The number of carbonyl (C=O) groups is 4. The first-order chi connectivity index (χ1) is 20.1. The molecule has 2 unspecified atom stereocenters. The minimum Gasteiger partial charge on any atom is -0.414 e. The average molecular weight is 612 g/mol. The number of unbranched alkanes of at least 4 members (excludes halogenated alkanes) is 8. The van der Waals surface area contributed by atoms with Gasteiger partial charge in [0.1, 0.15) is 23.8 Å². The van der Waals surface area contributed by atoms with Gasteiger partial charge in [-0.2, -0.15) is 9.59 Å². The summed E-state index contributed by atoms with van der Waals surface area (Å²) in [5, 5.41) is 0. The van der Waals surface area contributed by atoms with Crippen LogP contribution in [-0.2, 0) is 19.1 Å². The van der Waals surface area contributed by atoms with Crippen LogP contribution in [-0.4, -0.2) is 76.3 Å². The van der Waals surface area contributed by atoms with E-state index >= 15 is 0 Å². The van der Waals surface area contributed by atoms with Crippen LogP contribution < -0.4 is 11.5 Å². The van der Waals surface area contributed by atoms with E-state index in [9.17, 15) is 19.2 Å². The summed E-state index contributed by atoms with van der Waals surface area (Å²) in [5.74, 6) is -0.788. The molecule has 4 amide bonds. The lowest BCUT2D eigenvalue weighted by Gasteiger charge is -2.41. The predicted molar refractivity (Wildman–Crippen MR) is 170 cm³/mol. The van der Waals surface area contributed by atoms with Crippen molar-refractivity contribution in [2.24, 2.45) is 11.5 Å². The van der Waals surface area contributed by atoms with Gasteiger partial charge in [0.2, 0.25) is 5.91 Å². The summed E-state index contributed by atoms with van der Waals surface area (Å²) in [6, 6.07) is -1.63. The lowest BCUT2D eigenvalue weighted by molar-refractivity contribution is -0.716. The number of ether oxygens (including phenoxy) is 2. The zero-order valence-electron chi connectivity index (χ0n) is 28.4. The Kier molecular flexibility index (Phi) is 16.9. The van der Waals surface area contributed by atoms with Crippen LogP contribution in [0.3, 0.4) is 0 Å². The zero-order valence-corrected chi connectivity index (χ0v) is 28.4. The summed E-state index contributed by atoms with van der Waals surface area (Å²) >= 11 is 0. The molecule has 0 saturated carbocycles. The molecule has 250 valence electrons. The van der Waals surface area contributed by atoms with Crippen molar-refractivity contribution in [3.05, 3.63) is 0 Å². The Hall–Kier alpha value is -2.04. The molecule has 1 rings (SSSR count). The molecular weight excluding hydrogens is 548 g/mol. The molecule has 0 bridgehead atoms. The smallest absolute Gasteiger partial charge is 0.414 e. The van der Waals surface area contributed by atoms with Crippen molar-refractivity contribution in [2.75, 3.05) is 19.6 Å². The summed E-state index contributed by atoms with van der Waals surface area (Å²) in [7, 11) is 0. The van der Waals surface area contributed by atoms with E-state index in [1.54, 1.807) is 46.4 Å². The fourth-order valence-corrected chi connectivity index (χ4v) is 5.48. The summed E-state index contributed by atoms with van der Waals surface area (Å²) in [6.45, 7) is 13.0. The second kappa shape index (κ2) is 18.7. The second-order valence-corrected chi connectivity index (χ2v) is 14.1. The molecule has 0 aromatic heterocycles. The van der Waals surface area contributed by atoms with Gasteiger partial charge in [0, 0.05) is 13.0 Å². The average Bonchev–Trinajstić information content (AvgIpc) is 2.90. The van der Waals surface area contributed by atoms with Crippen LogP contribution in [0.2, 0.25) is 0 Å². The van der Waals surface area contributed by atoms with Gasteiger partial charge in [-0.15, -0.1) is 0 Å². The molecule has 0 aromatic rings. The first-order valence-electron chi connectivity index (χ1n) is 16.7. The molecule has 0 radical (unpaired) electrons. The molecule has 43 heavy (non-hydrogen) atoms. The van der Waals surface area contributed by atoms with E-state index < -0.39 is 45.9 Å². The third-order valence-electron chi connectivity index (χ3n) is 7.75. The van der Waals surface area contributed by atoms with Crippen LogP contribution in [0.15, 0.2) is 0 Å². The lowest BCUT2D eigenvalue weighted by Crippen LogP contribution is -2.70. The highest BCUT2D eigenvalue weighted by Crippen LogP contribution is 2.29. The largest absolute Gasteiger partial charge is 0.535 e. The minimum absolute atomic E-state index is 0.0122. The molecule has 1 aliphatic rings. The number of rotatable bonds is 16. The van der Waals surface area contributed by atoms with Crippen LogP contribution in [0.1, 0.15) is 145 Å². The number of nitrogens with two attached hydrogens (primary N) is 2. The van der Waals surface area contributed by atoms with Crippen LogP contribution in [0.25, 0.3) is 0 Å². The molecule has 0 aromatic carbocycles. The number of hydrogen-bond acceptors (Lipinski definition) is 8. The van der Waals surface area contributed by atoms with Gasteiger partial charge in [0.05, 0.1) is 6.04 Å². The van der Waals surface area contributed by atoms with Crippen LogP contribution in [0.5, 0.6) is 0 Å². The number of amides is 4. The van der Waals surface area contributed by atoms with E-state index in [2.05, 4.69) is 6.92 Å². The standard InChI is InChI=1S/C33H63N4O6/c1-8-9-10-11-12-13-14-15-22-28(38)36-24-19-17-20-26(36)25-37(30(40)42-32(2,3)4,31(41)43-33(5,6)7)29(39)27(35)21-16-18-23-34/h26-27H,8-25,34-35H2,1-7H3/q+1. The van der Waals surface area contributed by atoms with E-state index in [4.69, 9.17) is 20.9 Å². The normalized spacial score (nSPS) is 17.0. The Morgan fingerprint density at radius 3 is 1.86 bits per heavy atom. The maximum absolute atomic E-state index is 14.2. The maximum Gasteiger partial charge on any atom is 0.535 e. The van der Waals surface area contributed by atoms with Crippen molar-refractivity contribution in [3.63, 3.8) is 0 Å². The van der Waals surface area contributed by atoms with Crippen molar-refractivity contribution in [1.29, 1.82) is 0 Å². The zero-order chi connectivity index (χ0) is 32.7. The molecule has 10 heteroatoms. The van der Waals surface area contributed by atoms with Crippen molar-refractivity contribution in [1.82, 2.24) is 4.90 Å². The first kappa shape index (κ1) is 39.0. The summed E-state index contributed by atoms with van der Waals surface area (Å²) < 4.78 is 10.1. The topological polar surface area (TPSA) is 142 Å². The Labute approximate surface area is 261 Å². The molecule has 1 aliphatic heterocycles. The molecule has 1 fully saturated rings. The van der Waals surface area contributed by atoms with Gasteiger partial charge in [-0.25, -0.2) is 4.79 Å². The van der Waals surface area contributed by atoms with E-state index in [1.807, 2.05) is 0 Å². The number of piperidine rings is 1. The monoisotopic (exact) mass is 611 g/mol. The Morgan fingerprint density at radius 1 is 0.814 bits per heavy atom. The van der Waals surface area contributed by atoms with Gasteiger partial charge in [-0.3, -0.25) is 4.79 Å².